The number of methoxy groups -OCH3 is 2. The van der Waals surface area contributed by atoms with E-state index in [4.69, 9.17) is 14.2 Å². The largest absolute Gasteiger partial charge is 1.00 e. The number of hydrogen-bond donors (Lipinski definition) is 2. The Hall–Kier alpha value is -3.26. The number of halogens is 1. The van der Waals surface area contributed by atoms with Crippen LogP contribution in [0, 0.1) is 0 Å². The molecule has 0 spiro atoms. The Labute approximate surface area is 232 Å². The summed E-state index contributed by atoms with van der Waals surface area (Å²) in [6.07, 6.45) is 1.05. The number of nitrogens with one attached hydrogen (secondary N) is 1. The first-order chi connectivity index (χ1) is 17.7. The number of rotatable bonds is 13. The summed E-state index contributed by atoms with van der Waals surface area (Å²) in [5.74, 6) is 2.15. The minimum Gasteiger partial charge on any atom is -1.00 e. The van der Waals surface area contributed by atoms with E-state index >= 15 is 0 Å². The van der Waals surface area contributed by atoms with Crippen molar-refractivity contribution in [3.63, 3.8) is 0 Å². The summed E-state index contributed by atoms with van der Waals surface area (Å²) in [7, 11) is 9.52. The number of nitrogens with zero attached hydrogens (tertiary/aromatic N) is 1. The van der Waals surface area contributed by atoms with Gasteiger partial charge in [-0.05, 0) is 59.5 Å². The molecular formula is C30H39ClN2O5. The van der Waals surface area contributed by atoms with Gasteiger partial charge in [-0.2, -0.15) is 0 Å². The van der Waals surface area contributed by atoms with E-state index in [1.807, 2.05) is 72.8 Å². The number of hydrogen-bond acceptors (Lipinski definition) is 5. The summed E-state index contributed by atoms with van der Waals surface area (Å²) in [5, 5.41) is 15.0. The van der Waals surface area contributed by atoms with E-state index in [-0.39, 0.29) is 18.3 Å². The topological polar surface area (TPSA) is 77.0 Å². The highest BCUT2D eigenvalue weighted by atomic mass is 35.5. The van der Waals surface area contributed by atoms with Crippen molar-refractivity contribution in [2.75, 3.05) is 55.1 Å². The molecule has 3 aromatic rings. The maximum absolute atomic E-state index is 12.1. The highest BCUT2D eigenvalue weighted by Crippen LogP contribution is 2.38. The highest BCUT2D eigenvalue weighted by Gasteiger charge is 2.34. The summed E-state index contributed by atoms with van der Waals surface area (Å²) >= 11 is 0. The molecule has 0 aromatic heterocycles. The minimum absolute atomic E-state index is 0. The Kier molecular flexibility index (Phi) is 11.4. The van der Waals surface area contributed by atoms with Crippen molar-refractivity contribution < 1.29 is 41.0 Å². The molecule has 0 saturated heterocycles. The van der Waals surface area contributed by atoms with Crippen LogP contribution in [0.5, 0.6) is 17.2 Å². The van der Waals surface area contributed by atoms with Crippen LogP contribution in [0.4, 0.5) is 0 Å². The van der Waals surface area contributed by atoms with Crippen LogP contribution < -0.4 is 31.9 Å². The van der Waals surface area contributed by atoms with Gasteiger partial charge in [0.2, 0.25) is 5.91 Å². The Balaban J connectivity index is 0.00000507. The summed E-state index contributed by atoms with van der Waals surface area (Å²) in [4.78, 5) is 12.0. The Morgan fingerprint density at radius 3 is 1.61 bits per heavy atom. The second kappa shape index (κ2) is 14.0. The van der Waals surface area contributed by atoms with Gasteiger partial charge in [0, 0.05) is 6.42 Å². The van der Waals surface area contributed by atoms with Gasteiger partial charge in [-0.15, -0.1) is 0 Å². The van der Waals surface area contributed by atoms with Crippen molar-refractivity contribution in [2.24, 2.45) is 0 Å². The molecule has 0 fully saturated rings. The van der Waals surface area contributed by atoms with Gasteiger partial charge >= 0.3 is 0 Å². The van der Waals surface area contributed by atoms with Crippen LogP contribution in [0.25, 0.3) is 0 Å². The second-order valence-electron chi connectivity index (χ2n) is 10.0. The Morgan fingerprint density at radius 2 is 1.21 bits per heavy atom. The van der Waals surface area contributed by atoms with Crippen molar-refractivity contribution in [3.05, 3.63) is 89.5 Å². The molecule has 2 N–H and O–H groups in total. The molecule has 0 bridgehead atoms. The monoisotopic (exact) mass is 542 g/mol. The van der Waals surface area contributed by atoms with Crippen LogP contribution in [-0.2, 0) is 10.4 Å². The zero-order valence-electron chi connectivity index (χ0n) is 22.9. The predicted molar refractivity (Wildman–Crippen MR) is 145 cm³/mol. The summed E-state index contributed by atoms with van der Waals surface area (Å²) in [6, 6.07) is 22.2. The van der Waals surface area contributed by atoms with Gasteiger partial charge in [0.15, 0.2) is 0 Å². The third kappa shape index (κ3) is 8.38. The number of carbonyl (C=O) groups is 1. The lowest BCUT2D eigenvalue weighted by atomic mass is 9.80. The summed E-state index contributed by atoms with van der Waals surface area (Å²) < 4.78 is 17.3. The molecule has 8 heteroatoms. The van der Waals surface area contributed by atoms with E-state index in [0.717, 1.165) is 11.0 Å². The van der Waals surface area contributed by atoms with Gasteiger partial charge < -0.3 is 41.5 Å². The fourth-order valence-corrected chi connectivity index (χ4v) is 4.00. The van der Waals surface area contributed by atoms with Crippen LogP contribution in [-0.4, -0.2) is 70.6 Å². The van der Waals surface area contributed by atoms with E-state index < -0.39 is 5.60 Å². The van der Waals surface area contributed by atoms with Crippen molar-refractivity contribution in [3.8, 4) is 17.2 Å². The van der Waals surface area contributed by atoms with Gasteiger partial charge in [-0.1, -0.05) is 36.4 Å². The molecule has 0 unspecified atom stereocenters. The zero-order chi connectivity index (χ0) is 26.9. The number of ether oxygens (including phenoxy) is 3. The van der Waals surface area contributed by atoms with E-state index in [0.29, 0.717) is 59.9 Å². The summed E-state index contributed by atoms with van der Waals surface area (Å²) in [6.45, 7) is 1.98. The third-order valence-corrected chi connectivity index (χ3v) is 6.21. The van der Waals surface area contributed by atoms with E-state index in [2.05, 4.69) is 26.5 Å². The van der Waals surface area contributed by atoms with E-state index in [9.17, 15) is 9.90 Å². The molecule has 1 amide bonds. The molecule has 0 aliphatic heterocycles. The van der Waals surface area contributed by atoms with Crippen molar-refractivity contribution in [1.29, 1.82) is 0 Å². The Morgan fingerprint density at radius 1 is 0.789 bits per heavy atom. The highest BCUT2D eigenvalue weighted by molar-refractivity contribution is 5.75. The number of benzene rings is 3. The molecule has 0 heterocycles. The molecular weight excluding hydrogens is 504 g/mol. The standard InChI is InChI=1S/C30H38N2O5.ClH/c1-32(2,3)21-20-31-29(33)7-6-22-37-28-18-12-25(13-19-28)30(34,23-8-14-26(35-4)15-9-23)24-10-16-27(36-5)17-11-24;/h8-19,34H,6-7,20-22H2,1-5H3;1H. The molecule has 0 saturated carbocycles. The summed E-state index contributed by atoms with van der Waals surface area (Å²) in [5.41, 5.74) is 0.736. The first-order valence-electron chi connectivity index (χ1n) is 12.5. The lowest BCUT2D eigenvalue weighted by Gasteiger charge is -2.30. The van der Waals surface area contributed by atoms with Gasteiger partial charge in [-0.3, -0.25) is 4.79 Å². The third-order valence-electron chi connectivity index (χ3n) is 6.21. The number of aliphatic hydroxyl groups is 1. The zero-order valence-corrected chi connectivity index (χ0v) is 23.6. The lowest BCUT2D eigenvalue weighted by molar-refractivity contribution is -0.869. The van der Waals surface area contributed by atoms with Crippen LogP contribution in [0.1, 0.15) is 29.5 Å². The molecule has 0 aliphatic carbocycles. The molecule has 0 aliphatic rings. The fourth-order valence-electron chi connectivity index (χ4n) is 4.00. The van der Waals surface area contributed by atoms with Crippen molar-refractivity contribution in [2.45, 2.75) is 18.4 Å². The smallest absolute Gasteiger partial charge is 0.220 e. The second-order valence-corrected chi connectivity index (χ2v) is 10.0. The SMILES string of the molecule is COc1ccc(C(O)(c2ccc(OC)cc2)c2ccc(OCCCC(=O)NCC[N+](C)(C)C)cc2)cc1.[Cl-]. The van der Waals surface area contributed by atoms with Gasteiger partial charge in [-0.25, -0.2) is 0 Å². The number of likely N-dealkylation sites (N-methyl/N-ethyl adjacent to an activating group) is 1. The normalized spacial score (nSPS) is 11.3. The van der Waals surface area contributed by atoms with Gasteiger partial charge in [0.1, 0.15) is 22.8 Å². The van der Waals surface area contributed by atoms with Crippen LogP contribution in [0.15, 0.2) is 72.8 Å². The average Bonchev–Trinajstić information content (AvgIpc) is 2.90. The van der Waals surface area contributed by atoms with Gasteiger partial charge in [0.25, 0.3) is 0 Å². The fraction of sp³-hybridized carbons (Fsp3) is 0.367. The van der Waals surface area contributed by atoms with Crippen LogP contribution >= 0.6 is 0 Å². The Bertz CT molecular complexity index is 1080. The van der Waals surface area contributed by atoms with E-state index in [1.165, 1.54) is 0 Å². The maximum Gasteiger partial charge on any atom is 0.220 e. The van der Waals surface area contributed by atoms with E-state index in [1.54, 1.807) is 14.2 Å². The predicted octanol–water partition coefficient (Wildman–Crippen LogP) is 0.973. The minimum atomic E-state index is -1.39. The number of quaternary nitrogens is 1. The van der Waals surface area contributed by atoms with Crippen LogP contribution in [0.3, 0.4) is 0 Å². The quantitative estimate of drug-likeness (QED) is 0.191. The molecule has 3 rings (SSSR count). The average molecular weight is 543 g/mol. The molecule has 38 heavy (non-hydrogen) atoms. The maximum atomic E-state index is 12.1. The van der Waals surface area contributed by atoms with Crippen molar-refractivity contribution >= 4 is 5.91 Å². The van der Waals surface area contributed by atoms with Crippen molar-refractivity contribution in [1.82, 2.24) is 5.32 Å². The molecule has 3 aromatic carbocycles. The molecule has 7 nitrogen and oxygen atoms in total. The number of carbonyl (C=O) groups excluding carboxylic acids is 1. The van der Waals surface area contributed by atoms with Crippen LogP contribution in [0.2, 0.25) is 0 Å². The first kappa shape index (κ1) is 31.0. The molecule has 206 valence electrons. The molecule has 0 radical (unpaired) electrons. The first-order valence-corrected chi connectivity index (χ1v) is 12.5. The number of amides is 1. The lowest BCUT2D eigenvalue weighted by Crippen LogP contribution is -3.00. The van der Waals surface area contributed by atoms with Gasteiger partial charge in [0.05, 0.1) is 55.1 Å². The molecule has 0 atom stereocenters.